The molecular formula is C14H21N3O. The lowest BCUT2D eigenvalue weighted by atomic mass is 10.1. The van der Waals surface area contributed by atoms with E-state index in [4.69, 9.17) is 5.73 Å². The van der Waals surface area contributed by atoms with E-state index in [0.717, 1.165) is 37.2 Å². The van der Waals surface area contributed by atoms with Crippen LogP contribution in [0.2, 0.25) is 0 Å². The number of nitrogens with two attached hydrogens (primary N) is 1. The molecule has 1 aliphatic rings. The van der Waals surface area contributed by atoms with Gasteiger partial charge in [0.05, 0.1) is 6.54 Å². The van der Waals surface area contributed by atoms with Gasteiger partial charge < -0.3 is 11.1 Å². The van der Waals surface area contributed by atoms with E-state index in [-0.39, 0.29) is 5.91 Å². The standard InChI is InChI=1S/C14H21N3O/c1-11-3-2-4-13(9-11)16-14(18)10-17-7-5-12(15)6-8-17/h2-4,9,12H,5-8,10,15H2,1H3,(H,16,18). The molecule has 1 saturated heterocycles. The third kappa shape index (κ3) is 3.82. The van der Waals surface area contributed by atoms with Crippen molar-refractivity contribution in [3.05, 3.63) is 29.8 Å². The highest BCUT2D eigenvalue weighted by Gasteiger charge is 2.18. The molecule has 98 valence electrons. The molecule has 1 aromatic rings. The lowest BCUT2D eigenvalue weighted by Crippen LogP contribution is -2.43. The zero-order chi connectivity index (χ0) is 13.0. The summed E-state index contributed by atoms with van der Waals surface area (Å²) < 4.78 is 0. The maximum absolute atomic E-state index is 11.9. The first-order valence-electron chi connectivity index (χ1n) is 6.48. The fourth-order valence-corrected chi connectivity index (χ4v) is 2.24. The quantitative estimate of drug-likeness (QED) is 0.848. The molecule has 0 atom stereocenters. The number of nitrogens with one attached hydrogen (secondary N) is 1. The molecule has 0 spiro atoms. The minimum absolute atomic E-state index is 0.0519. The number of carbonyl (C=O) groups excluding carboxylic acids is 1. The van der Waals surface area contributed by atoms with Crippen molar-refractivity contribution < 1.29 is 4.79 Å². The van der Waals surface area contributed by atoms with Crippen LogP contribution in [0, 0.1) is 6.92 Å². The van der Waals surface area contributed by atoms with Crippen LogP contribution in [-0.4, -0.2) is 36.5 Å². The molecule has 1 heterocycles. The van der Waals surface area contributed by atoms with Crippen molar-refractivity contribution >= 4 is 11.6 Å². The average Bonchev–Trinajstić information content (AvgIpc) is 2.32. The van der Waals surface area contributed by atoms with Gasteiger partial charge in [-0.2, -0.15) is 0 Å². The smallest absolute Gasteiger partial charge is 0.238 e. The summed E-state index contributed by atoms with van der Waals surface area (Å²) in [7, 11) is 0. The first-order valence-corrected chi connectivity index (χ1v) is 6.48. The molecular weight excluding hydrogens is 226 g/mol. The van der Waals surface area contributed by atoms with E-state index in [1.54, 1.807) is 0 Å². The van der Waals surface area contributed by atoms with Crippen LogP contribution in [0.15, 0.2) is 24.3 Å². The number of hydrogen-bond acceptors (Lipinski definition) is 3. The average molecular weight is 247 g/mol. The van der Waals surface area contributed by atoms with Crippen molar-refractivity contribution in [2.75, 3.05) is 25.0 Å². The zero-order valence-corrected chi connectivity index (χ0v) is 10.9. The van der Waals surface area contributed by atoms with Gasteiger partial charge in [0.25, 0.3) is 0 Å². The molecule has 0 aromatic heterocycles. The van der Waals surface area contributed by atoms with E-state index in [1.165, 1.54) is 0 Å². The van der Waals surface area contributed by atoms with Gasteiger partial charge in [-0.15, -0.1) is 0 Å². The first kappa shape index (κ1) is 13.1. The normalized spacial score (nSPS) is 17.7. The van der Waals surface area contributed by atoms with E-state index in [0.29, 0.717) is 12.6 Å². The summed E-state index contributed by atoms with van der Waals surface area (Å²) in [6.45, 7) is 4.31. The zero-order valence-electron chi connectivity index (χ0n) is 10.9. The highest BCUT2D eigenvalue weighted by Crippen LogP contribution is 2.11. The number of hydrogen-bond donors (Lipinski definition) is 2. The molecule has 4 heteroatoms. The van der Waals surface area contributed by atoms with Crippen molar-refractivity contribution in [3.63, 3.8) is 0 Å². The van der Waals surface area contributed by atoms with Gasteiger partial charge in [0.1, 0.15) is 0 Å². The molecule has 4 nitrogen and oxygen atoms in total. The Bertz CT molecular complexity index is 411. The molecule has 3 N–H and O–H groups in total. The molecule has 0 saturated carbocycles. The Morgan fingerprint density at radius 2 is 2.17 bits per heavy atom. The highest BCUT2D eigenvalue weighted by molar-refractivity contribution is 5.92. The monoisotopic (exact) mass is 247 g/mol. The second-order valence-corrected chi connectivity index (χ2v) is 5.03. The molecule has 0 bridgehead atoms. The van der Waals surface area contributed by atoms with Crippen molar-refractivity contribution in [3.8, 4) is 0 Å². The Labute approximate surface area is 108 Å². The van der Waals surface area contributed by atoms with Crippen molar-refractivity contribution in [2.24, 2.45) is 5.73 Å². The van der Waals surface area contributed by atoms with E-state index in [1.807, 2.05) is 31.2 Å². The van der Waals surface area contributed by atoms with E-state index in [2.05, 4.69) is 10.2 Å². The Hall–Kier alpha value is -1.39. The lowest BCUT2D eigenvalue weighted by molar-refractivity contribution is -0.117. The van der Waals surface area contributed by atoms with Crippen LogP contribution in [0.25, 0.3) is 0 Å². The molecule has 0 aliphatic carbocycles. The summed E-state index contributed by atoms with van der Waals surface area (Å²) in [5.74, 6) is 0.0519. The lowest BCUT2D eigenvalue weighted by Gasteiger charge is -2.29. The van der Waals surface area contributed by atoms with Crippen LogP contribution in [-0.2, 0) is 4.79 Å². The maximum atomic E-state index is 11.9. The van der Waals surface area contributed by atoms with Gasteiger partial charge in [-0.05, 0) is 37.5 Å². The number of piperidine rings is 1. The van der Waals surface area contributed by atoms with Crippen molar-refractivity contribution in [2.45, 2.75) is 25.8 Å². The van der Waals surface area contributed by atoms with Crippen molar-refractivity contribution in [1.29, 1.82) is 0 Å². The maximum Gasteiger partial charge on any atom is 0.238 e. The predicted molar refractivity (Wildman–Crippen MR) is 73.5 cm³/mol. The molecule has 2 rings (SSSR count). The van der Waals surface area contributed by atoms with Crippen LogP contribution in [0.1, 0.15) is 18.4 Å². The summed E-state index contributed by atoms with van der Waals surface area (Å²) in [6, 6.07) is 8.16. The number of rotatable bonds is 3. The first-order chi connectivity index (χ1) is 8.63. The number of carbonyl (C=O) groups is 1. The van der Waals surface area contributed by atoms with Crippen LogP contribution in [0.5, 0.6) is 0 Å². The predicted octanol–water partition coefficient (Wildman–Crippen LogP) is 1.36. The second-order valence-electron chi connectivity index (χ2n) is 5.03. The summed E-state index contributed by atoms with van der Waals surface area (Å²) >= 11 is 0. The van der Waals surface area contributed by atoms with E-state index < -0.39 is 0 Å². The molecule has 1 aromatic carbocycles. The molecule has 1 fully saturated rings. The van der Waals surface area contributed by atoms with Crippen LogP contribution in [0.3, 0.4) is 0 Å². The van der Waals surface area contributed by atoms with Gasteiger partial charge in [-0.3, -0.25) is 9.69 Å². The van der Waals surface area contributed by atoms with Gasteiger partial charge in [-0.25, -0.2) is 0 Å². The molecule has 18 heavy (non-hydrogen) atoms. The number of anilines is 1. The Morgan fingerprint density at radius 1 is 1.44 bits per heavy atom. The summed E-state index contributed by atoms with van der Waals surface area (Å²) in [4.78, 5) is 14.1. The number of likely N-dealkylation sites (tertiary alicyclic amines) is 1. The Morgan fingerprint density at radius 3 is 2.83 bits per heavy atom. The minimum Gasteiger partial charge on any atom is -0.328 e. The van der Waals surface area contributed by atoms with Gasteiger partial charge in [-0.1, -0.05) is 12.1 Å². The second kappa shape index (κ2) is 5.98. The Balaban J connectivity index is 1.82. The van der Waals surface area contributed by atoms with Gasteiger partial charge in [0, 0.05) is 24.8 Å². The van der Waals surface area contributed by atoms with Gasteiger partial charge in [0.15, 0.2) is 0 Å². The Kier molecular flexibility index (Phi) is 4.33. The fourth-order valence-electron chi connectivity index (χ4n) is 2.24. The summed E-state index contributed by atoms with van der Waals surface area (Å²) in [6.07, 6.45) is 1.97. The third-order valence-corrected chi connectivity index (χ3v) is 3.30. The number of amides is 1. The fraction of sp³-hybridized carbons (Fsp3) is 0.500. The van der Waals surface area contributed by atoms with Crippen molar-refractivity contribution in [1.82, 2.24) is 4.90 Å². The van der Waals surface area contributed by atoms with Gasteiger partial charge in [0.2, 0.25) is 5.91 Å². The van der Waals surface area contributed by atoms with E-state index in [9.17, 15) is 4.79 Å². The van der Waals surface area contributed by atoms with Crippen LogP contribution >= 0.6 is 0 Å². The molecule has 0 radical (unpaired) electrons. The summed E-state index contributed by atoms with van der Waals surface area (Å²) in [5, 5.41) is 2.93. The van der Waals surface area contributed by atoms with Gasteiger partial charge >= 0.3 is 0 Å². The van der Waals surface area contributed by atoms with Crippen LogP contribution in [0.4, 0.5) is 5.69 Å². The molecule has 1 amide bonds. The third-order valence-electron chi connectivity index (χ3n) is 3.30. The number of aryl methyl sites for hydroxylation is 1. The largest absolute Gasteiger partial charge is 0.328 e. The minimum atomic E-state index is 0.0519. The topological polar surface area (TPSA) is 58.4 Å². The molecule has 0 unspecified atom stereocenters. The highest BCUT2D eigenvalue weighted by atomic mass is 16.2. The number of nitrogens with zero attached hydrogens (tertiary/aromatic N) is 1. The summed E-state index contributed by atoms with van der Waals surface area (Å²) in [5.41, 5.74) is 7.86. The SMILES string of the molecule is Cc1cccc(NC(=O)CN2CCC(N)CC2)c1. The molecule has 1 aliphatic heterocycles. The van der Waals surface area contributed by atoms with E-state index >= 15 is 0 Å². The number of benzene rings is 1. The van der Waals surface area contributed by atoms with Crippen LogP contribution < -0.4 is 11.1 Å².